The maximum absolute atomic E-state index is 9.17. The minimum atomic E-state index is 0.285. The smallest absolute Gasteiger partial charge is 0.0733 e. The third-order valence-electron chi connectivity index (χ3n) is 4.20. The van der Waals surface area contributed by atoms with E-state index in [-0.39, 0.29) is 6.61 Å². The number of aliphatic hydroxyl groups excluding tert-OH is 1. The molecule has 1 aliphatic rings. The minimum absolute atomic E-state index is 0.285. The van der Waals surface area contributed by atoms with Crippen molar-refractivity contribution in [3.05, 3.63) is 34.9 Å². The third-order valence-corrected chi connectivity index (χ3v) is 4.70. The van der Waals surface area contributed by atoms with Crippen LogP contribution in [0.3, 0.4) is 0 Å². The molecule has 20 heavy (non-hydrogen) atoms. The van der Waals surface area contributed by atoms with Crippen LogP contribution in [-0.2, 0) is 0 Å². The van der Waals surface area contributed by atoms with Gasteiger partial charge in [0.2, 0.25) is 0 Å². The number of hydrogen-bond donors (Lipinski definition) is 2. The van der Waals surface area contributed by atoms with Crippen molar-refractivity contribution in [2.75, 3.05) is 11.9 Å². The van der Waals surface area contributed by atoms with Crippen molar-refractivity contribution in [3.8, 4) is 0 Å². The summed E-state index contributed by atoms with van der Waals surface area (Å²) in [5.74, 6) is 0.582. The van der Waals surface area contributed by atoms with Gasteiger partial charge in [0.15, 0.2) is 0 Å². The Morgan fingerprint density at radius 3 is 3.05 bits per heavy atom. The number of nitrogens with one attached hydrogen (secondary N) is 1. The highest BCUT2D eigenvalue weighted by molar-refractivity contribution is 9.10. The Balaban J connectivity index is 1.87. The molecular weight excluding hydrogens is 316 g/mol. The number of rotatable bonds is 4. The lowest BCUT2D eigenvalue weighted by molar-refractivity contribution is 0.254. The van der Waals surface area contributed by atoms with Gasteiger partial charge < -0.3 is 10.4 Å². The quantitative estimate of drug-likeness (QED) is 0.889. The summed E-state index contributed by atoms with van der Waals surface area (Å²) in [7, 11) is 0. The molecule has 2 aromatic rings. The van der Waals surface area contributed by atoms with Gasteiger partial charge in [-0.25, -0.2) is 0 Å². The molecule has 1 aliphatic carbocycles. The molecule has 0 spiro atoms. The van der Waals surface area contributed by atoms with Crippen molar-refractivity contribution in [2.24, 2.45) is 5.92 Å². The fraction of sp³-hybridized carbons (Fsp3) is 0.438. The fourth-order valence-corrected chi connectivity index (χ4v) is 3.53. The van der Waals surface area contributed by atoms with Gasteiger partial charge in [-0.3, -0.25) is 4.98 Å². The average Bonchev–Trinajstić information content (AvgIpc) is 2.86. The molecule has 106 valence electrons. The Bertz CT molecular complexity index is 602. The van der Waals surface area contributed by atoms with Crippen LogP contribution in [-0.4, -0.2) is 22.7 Å². The number of anilines is 1. The molecular formula is C16H19BrN2O. The molecule has 0 aliphatic heterocycles. The fourth-order valence-electron chi connectivity index (χ4n) is 3.19. The van der Waals surface area contributed by atoms with Crippen molar-refractivity contribution in [1.29, 1.82) is 0 Å². The number of aromatic nitrogens is 1. The largest absolute Gasteiger partial charge is 0.396 e. The highest BCUT2D eigenvalue weighted by atomic mass is 79.9. The normalized spacial score (nSPS) is 22.3. The molecule has 0 saturated heterocycles. The van der Waals surface area contributed by atoms with Crippen molar-refractivity contribution < 1.29 is 5.11 Å². The molecule has 2 unspecified atom stereocenters. The van der Waals surface area contributed by atoms with Gasteiger partial charge in [-0.15, -0.1) is 0 Å². The molecule has 1 heterocycles. The number of pyridine rings is 1. The Hall–Kier alpha value is -1.13. The van der Waals surface area contributed by atoms with Crippen LogP contribution in [0, 0.1) is 5.92 Å². The van der Waals surface area contributed by atoms with Gasteiger partial charge in [-0.05, 0) is 49.4 Å². The summed E-state index contributed by atoms with van der Waals surface area (Å²) in [5, 5.41) is 14.0. The summed E-state index contributed by atoms with van der Waals surface area (Å²) < 4.78 is 1.05. The van der Waals surface area contributed by atoms with E-state index in [0.717, 1.165) is 27.5 Å². The van der Waals surface area contributed by atoms with Crippen LogP contribution in [0.15, 0.2) is 34.9 Å². The zero-order valence-corrected chi connectivity index (χ0v) is 12.9. The molecule has 3 nitrogen and oxygen atoms in total. The number of hydrogen-bond acceptors (Lipinski definition) is 3. The summed E-state index contributed by atoms with van der Waals surface area (Å²) in [6.07, 6.45) is 6.40. The lowest BCUT2D eigenvalue weighted by atomic mass is 9.99. The van der Waals surface area contributed by atoms with Gasteiger partial charge in [0.1, 0.15) is 0 Å². The predicted octanol–water partition coefficient (Wildman–Crippen LogP) is 3.96. The predicted molar refractivity (Wildman–Crippen MR) is 85.9 cm³/mol. The molecule has 0 bridgehead atoms. The van der Waals surface area contributed by atoms with Gasteiger partial charge in [0.25, 0.3) is 0 Å². The second-order valence-corrected chi connectivity index (χ2v) is 6.39. The molecule has 1 saturated carbocycles. The first-order valence-electron chi connectivity index (χ1n) is 7.19. The maximum atomic E-state index is 9.17. The zero-order chi connectivity index (χ0) is 13.9. The van der Waals surface area contributed by atoms with Crippen molar-refractivity contribution in [3.63, 3.8) is 0 Å². The van der Waals surface area contributed by atoms with Crippen LogP contribution in [0.4, 0.5) is 5.69 Å². The van der Waals surface area contributed by atoms with Crippen LogP contribution < -0.4 is 5.32 Å². The first-order chi connectivity index (χ1) is 9.78. The molecule has 2 atom stereocenters. The van der Waals surface area contributed by atoms with E-state index in [0.29, 0.717) is 12.0 Å². The van der Waals surface area contributed by atoms with E-state index < -0.39 is 0 Å². The van der Waals surface area contributed by atoms with Crippen LogP contribution in [0.5, 0.6) is 0 Å². The highest BCUT2D eigenvalue weighted by Crippen LogP contribution is 2.33. The average molecular weight is 335 g/mol. The highest BCUT2D eigenvalue weighted by Gasteiger charge is 2.26. The lowest BCUT2D eigenvalue weighted by Crippen LogP contribution is -2.24. The van der Waals surface area contributed by atoms with Crippen LogP contribution in [0.2, 0.25) is 0 Å². The Kier molecular flexibility index (Phi) is 4.22. The summed E-state index contributed by atoms with van der Waals surface area (Å²) in [6.45, 7) is 0.285. The summed E-state index contributed by atoms with van der Waals surface area (Å²) in [5.41, 5.74) is 2.15. The number of nitrogens with zero attached hydrogens (tertiary/aromatic N) is 1. The molecule has 1 aromatic heterocycles. The number of aliphatic hydroxyl groups is 1. The van der Waals surface area contributed by atoms with E-state index in [1.165, 1.54) is 19.3 Å². The molecule has 1 fully saturated rings. The van der Waals surface area contributed by atoms with Crippen molar-refractivity contribution >= 4 is 32.5 Å². The first-order valence-corrected chi connectivity index (χ1v) is 7.99. The molecule has 0 radical (unpaired) electrons. The second-order valence-electron chi connectivity index (χ2n) is 5.47. The Morgan fingerprint density at radius 1 is 1.30 bits per heavy atom. The van der Waals surface area contributed by atoms with Crippen molar-refractivity contribution in [1.82, 2.24) is 4.98 Å². The van der Waals surface area contributed by atoms with Crippen molar-refractivity contribution in [2.45, 2.75) is 31.7 Å². The van der Waals surface area contributed by atoms with Gasteiger partial charge in [-0.2, -0.15) is 0 Å². The number of fused-ring (bicyclic) bond motifs is 1. The standard InChI is InChI=1S/C16H19BrN2O/c17-12-4-5-13-15(6-8-18-16(13)10-12)19-14-3-1-2-11(14)7-9-20/h4-6,8,10-11,14,20H,1-3,7,9H2,(H,18,19). The molecule has 3 rings (SSSR count). The van der Waals surface area contributed by atoms with Gasteiger partial charge >= 0.3 is 0 Å². The number of halogens is 1. The van der Waals surface area contributed by atoms with Gasteiger partial charge in [0, 0.05) is 34.4 Å². The van der Waals surface area contributed by atoms with E-state index in [9.17, 15) is 0 Å². The molecule has 4 heteroatoms. The second kappa shape index (κ2) is 6.10. The first kappa shape index (κ1) is 13.8. The van der Waals surface area contributed by atoms with E-state index in [1.54, 1.807) is 0 Å². The van der Waals surface area contributed by atoms with E-state index in [2.05, 4.69) is 38.4 Å². The summed E-state index contributed by atoms with van der Waals surface area (Å²) in [4.78, 5) is 4.42. The minimum Gasteiger partial charge on any atom is -0.396 e. The summed E-state index contributed by atoms with van der Waals surface area (Å²) >= 11 is 3.49. The van der Waals surface area contributed by atoms with Gasteiger partial charge in [0.05, 0.1) is 5.52 Å². The molecule has 0 amide bonds. The van der Waals surface area contributed by atoms with Gasteiger partial charge in [-0.1, -0.05) is 22.4 Å². The lowest BCUT2D eigenvalue weighted by Gasteiger charge is -2.22. The van der Waals surface area contributed by atoms with Crippen LogP contribution in [0.1, 0.15) is 25.7 Å². The Morgan fingerprint density at radius 2 is 2.20 bits per heavy atom. The monoisotopic (exact) mass is 334 g/mol. The van der Waals surface area contributed by atoms with Crippen LogP contribution >= 0.6 is 15.9 Å². The Labute approximate surface area is 127 Å². The number of benzene rings is 1. The van der Waals surface area contributed by atoms with E-state index in [1.807, 2.05) is 18.3 Å². The third kappa shape index (κ3) is 2.81. The zero-order valence-electron chi connectivity index (χ0n) is 11.3. The van der Waals surface area contributed by atoms with E-state index in [4.69, 9.17) is 5.11 Å². The SMILES string of the molecule is OCCC1CCCC1Nc1ccnc2cc(Br)ccc12. The van der Waals surface area contributed by atoms with Crippen LogP contribution in [0.25, 0.3) is 10.9 Å². The summed E-state index contributed by atoms with van der Waals surface area (Å²) in [6, 6.07) is 8.71. The topological polar surface area (TPSA) is 45.1 Å². The molecule has 2 N–H and O–H groups in total. The maximum Gasteiger partial charge on any atom is 0.0733 e. The van der Waals surface area contributed by atoms with E-state index >= 15 is 0 Å². The molecule has 1 aromatic carbocycles.